The number of anilines is 2. The molecule has 2 aliphatic carbocycles. The van der Waals surface area contributed by atoms with Crippen LogP contribution in [-0.4, -0.2) is 73.2 Å². The molecule has 0 fully saturated rings. The summed E-state index contributed by atoms with van der Waals surface area (Å²) in [5.74, 6) is 0. The van der Waals surface area contributed by atoms with Crippen molar-refractivity contribution >= 4 is 57.4 Å². The molecule has 0 amide bonds. The average molecular weight is 1140 g/mol. The first-order valence-corrected chi connectivity index (χ1v) is 31.6. The second kappa shape index (κ2) is 25.2. The van der Waals surface area contributed by atoms with Gasteiger partial charge in [0.05, 0.1) is 37.3 Å². The third kappa shape index (κ3) is 11.6. The molecule has 4 heterocycles. The average Bonchev–Trinajstić information content (AvgIpc) is 2.52. The fraction of sp³-hybridized carbons (Fsp3) is 0.432. The van der Waals surface area contributed by atoms with Crippen LogP contribution < -0.4 is 9.80 Å². The lowest BCUT2D eigenvalue weighted by molar-refractivity contribution is -0.438. The fourth-order valence-electron chi connectivity index (χ4n) is 13.9. The number of nitrogens with zero attached hydrogens (tertiary/aromatic N) is 4. The number of benzene rings is 4. The van der Waals surface area contributed by atoms with Crippen molar-refractivity contribution in [1.82, 2.24) is 0 Å². The molecule has 4 aromatic carbocycles. The first kappa shape index (κ1) is 59.4. The molecule has 430 valence electrons. The van der Waals surface area contributed by atoms with Crippen LogP contribution in [0.15, 0.2) is 189 Å². The summed E-state index contributed by atoms with van der Waals surface area (Å²) in [7, 11) is 0. The summed E-state index contributed by atoms with van der Waals surface area (Å²) in [6.45, 7) is 29.1. The summed E-state index contributed by atoms with van der Waals surface area (Å²) in [6.07, 6.45) is 29.2. The molecule has 0 bridgehead atoms. The summed E-state index contributed by atoms with van der Waals surface area (Å²) < 4.78 is 17.8. The molecule has 8 heteroatoms. The maximum Gasteiger partial charge on any atom is 0.209 e. The van der Waals surface area contributed by atoms with Crippen LogP contribution in [0.3, 0.4) is 0 Å². The smallest absolute Gasteiger partial charge is 0.209 e. The summed E-state index contributed by atoms with van der Waals surface area (Å²) in [5, 5.41) is 1.78. The highest BCUT2D eigenvalue weighted by Crippen LogP contribution is 2.50. The minimum atomic E-state index is -0.186. The highest BCUT2D eigenvalue weighted by atomic mass is 35.5. The summed E-state index contributed by atoms with van der Waals surface area (Å²) in [6, 6.07) is 35.5. The number of para-hydroxylation sites is 4. The molecule has 4 aliphatic heterocycles. The second-order valence-corrected chi connectivity index (χ2v) is 26.2. The quantitative estimate of drug-likeness (QED) is 0.0615. The topological polar surface area (TPSA) is 31.0 Å². The molecule has 10 rings (SSSR count). The van der Waals surface area contributed by atoms with Crippen molar-refractivity contribution < 1.29 is 18.6 Å². The standard InChI is InChI=1S/C74H90Cl2N4O2/c1-11-13-45-77-61-33-19-15-29-57(61)71(3,4)65(77)41-37-53-25-23-27-55(69(53)75)39-43-67-73(7,8)59-31-17-21-35-63(59)79(67)47-49-81-51-52-82-50-48-80-64-36-22-18-32-60(64)74(9,10)68(80)44-40-56-28-24-26-54(70(56)76)38-42-66-72(5,6)58-30-16-20-34-62(58)78(66)46-14-12-2/h15-22,29-44H,11-14,23-28,45-52H2,1-10H3/q+2. The van der Waals surface area contributed by atoms with Gasteiger partial charge >= 0.3 is 0 Å². The molecule has 0 atom stereocenters. The van der Waals surface area contributed by atoms with Crippen LogP contribution in [0, 0.1) is 0 Å². The van der Waals surface area contributed by atoms with E-state index in [0.717, 1.165) is 100 Å². The van der Waals surface area contributed by atoms with E-state index in [1.165, 1.54) is 90.1 Å². The number of allylic oxidation sites excluding steroid dienone is 16. The SMILES string of the molecule is CCCC[N+]1=C(/C=C/C2=C(Cl)C(=C/C=C3/N(CCOCCOCCN4/C(=C/C=C5\CCCC(/C=C/C6=[N+](CCCC)c7ccccc7C6(C)C)=C5Cl)C(C)(C)c5ccccc54)c4ccccc4C3(C)C)/CCC2)C(C)(C)c2ccccc21. The Bertz CT molecular complexity index is 3160. The van der Waals surface area contributed by atoms with Crippen molar-refractivity contribution in [3.63, 3.8) is 0 Å². The van der Waals surface area contributed by atoms with E-state index in [1.807, 2.05) is 0 Å². The van der Waals surface area contributed by atoms with Gasteiger partial charge in [0.15, 0.2) is 11.4 Å². The van der Waals surface area contributed by atoms with Gasteiger partial charge in [0.1, 0.15) is 13.1 Å². The van der Waals surface area contributed by atoms with Crippen molar-refractivity contribution in [3.05, 3.63) is 212 Å². The normalized spacial score (nSPS) is 21.7. The minimum Gasteiger partial charge on any atom is -0.377 e. The Hall–Kier alpha value is -5.76. The predicted molar refractivity (Wildman–Crippen MR) is 348 cm³/mol. The predicted octanol–water partition coefficient (Wildman–Crippen LogP) is 18.5. The molecule has 82 heavy (non-hydrogen) atoms. The second-order valence-electron chi connectivity index (χ2n) is 25.4. The Kier molecular flexibility index (Phi) is 18.3. The number of fused-ring (bicyclic) bond motifs is 4. The maximum atomic E-state index is 7.38. The first-order valence-electron chi connectivity index (χ1n) is 30.9. The maximum absolute atomic E-state index is 7.38. The van der Waals surface area contributed by atoms with Crippen molar-refractivity contribution in [3.8, 4) is 0 Å². The molecule has 0 N–H and O–H groups in total. The summed E-state index contributed by atoms with van der Waals surface area (Å²) in [4.78, 5) is 4.91. The number of rotatable bonds is 21. The fourth-order valence-corrected chi connectivity index (χ4v) is 14.6. The van der Waals surface area contributed by atoms with Crippen LogP contribution in [0.25, 0.3) is 0 Å². The van der Waals surface area contributed by atoms with E-state index < -0.39 is 0 Å². The molecule has 0 saturated carbocycles. The van der Waals surface area contributed by atoms with Gasteiger partial charge in [-0.1, -0.05) is 175 Å². The van der Waals surface area contributed by atoms with Crippen molar-refractivity contribution in [2.45, 2.75) is 155 Å². The van der Waals surface area contributed by atoms with Crippen LogP contribution in [0.4, 0.5) is 22.7 Å². The highest BCUT2D eigenvalue weighted by molar-refractivity contribution is 6.33. The molecule has 4 aromatic rings. The van der Waals surface area contributed by atoms with Crippen LogP contribution in [0.2, 0.25) is 0 Å². The summed E-state index contributed by atoms with van der Waals surface area (Å²) in [5.41, 5.74) is 20.1. The Morgan fingerprint density at radius 2 is 0.829 bits per heavy atom. The van der Waals surface area contributed by atoms with Gasteiger partial charge < -0.3 is 19.3 Å². The third-order valence-corrected chi connectivity index (χ3v) is 19.6. The molecule has 0 aromatic heterocycles. The zero-order valence-corrected chi connectivity index (χ0v) is 52.5. The number of ether oxygens (including phenoxy) is 2. The lowest BCUT2D eigenvalue weighted by atomic mass is 9.81. The van der Waals surface area contributed by atoms with E-state index in [-0.39, 0.29) is 21.7 Å². The van der Waals surface area contributed by atoms with Crippen LogP contribution in [0.1, 0.15) is 156 Å². The van der Waals surface area contributed by atoms with Crippen molar-refractivity contribution in [2.75, 3.05) is 62.4 Å². The molecular weight excluding hydrogens is 1050 g/mol. The summed E-state index contributed by atoms with van der Waals surface area (Å²) >= 11 is 14.8. The molecule has 6 aliphatic rings. The van der Waals surface area contributed by atoms with E-state index in [4.69, 9.17) is 32.7 Å². The van der Waals surface area contributed by atoms with Gasteiger partial charge in [0.25, 0.3) is 0 Å². The number of unbranched alkanes of at least 4 members (excludes halogenated alkanes) is 2. The largest absolute Gasteiger partial charge is 0.377 e. The minimum absolute atomic E-state index is 0.0828. The van der Waals surface area contributed by atoms with Crippen LogP contribution in [0.5, 0.6) is 0 Å². The van der Waals surface area contributed by atoms with Gasteiger partial charge in [-0.05, 0) is 124 Å². The molecular formula is C74H90Cl2N4O2+2. The molecule has 0 saturated heterocycles. The van der Waals surface area contributed by atoms with Gasteiger partial charge in [-0.2, -0.15) is 9.15 Å². The molecule has 0 unspecified atom stereocenters. The van der Waals surface area contributed by atoms with Crippen molar-refractivity contribution in [1.29, 1.82) is 0 Å². The van der Waals surface area contributed by atoms with E-state index in [1.54, 1.807) is 0 Å². The van der Waals surface area contributed by atoms with Gasteiger partial charge in [-0.25, -0.2) is 0 Å². The zero-order chi connectivity index (χ0) is 57.8. The van der Waals surface area contributed by atoms with Crippen molar-refractivity contribution in [2.24, 2.45) is 0 Å². The van der Waals surface area contributed by atoms with E-state index in [2.05, 4.69) is 234 Å². The Labute approximate surface area is 502 Å². The Balaban J connectivity index is 0.783. The van der Waals surface area contributed by atoms with E-state index >= 15 is 0 Å². The first-order chi connectivity index (χ1) is 39.5. The number of hydrogen-bond acceptors (Lipinski definition) is 4. The van der Waals surface area contributed by atoms with E-state index in [0.29, 0.717) is 26.4 Å². The van der Waals surface area contributed by atoms with Gasteiger partial charge in [0.2, 0.25) is 11.4 Å². The molecule has 0 radical (unpaired) electrons. The highest BCUT2D eigenvalue weighted by Gasteiger charge is 2.46. The Morgan fingerprint density at radius 3 is 1.23 bits per heavy atom. The van der Waals surface area contributed by atoms with Crippen LogP contribution >= 0.6 is 23.2 Å². The lowest BCUT2D eigenvalue weighted by Gasteiger charge is -2.27. The zero-order valence-electron chi connectivity index (χ0n) is 50.9. The van der Waals surface area contributed by atoms with Crippen LogP contribution in [-0.2, 0) is 31.1 Å². The molecule has 0 spiro atoms. The van der Waals surface area contributed by atoms with E-state index in [9.17, 15) is 0 Å². The third-order valence-electron chi connectivity index (χ3n) is 18.6. The molecule has 6 nitrogen and oxygen atoms in total. The number of hydrogen-bond donors (Lipinski definition) is 0. The monoisotopic (exact) mass is 1140 g/mol. The Morgan fingerprint density at radius 1 is 0.451 bits per heavy atom. The number of halogens is 2. The van der Waals surface area contributed by atoms with Gasteiger partial charge in [-0.15, -0.1) is 0 Å². The lowest BCUT2D eigenvalue weighted by Crippen LogP contribution is -2.30. The van der Waals surface area contributed by atoms with Gasteiger partial charge in [-0.3, -0.25) is 0 Å². The van der Waals surface area contributed by atoms with Gasteiger partial charge in [0, 0.05) is 105 Å².